The van der Waals surface area contributed by atoms with Crippen molar-refractivity contribution in [3.8, 4) is 0 Å². The van der Waals surface area contributed by atoms with Crippen molar-refractivity contribution in [2.75, 3.05) is 6.67 Å². The van der Waals surface area contributed by atoms with E-state index in [4.69, 9.17) is 5.73 Å². The van der Waals surface area contributed by atoms with Crippen molar-refractivity contribution in [1.29, 1.82) is 0 Å². The second-order valence-electron chi connectivity index (χ2n) is 4.42. The van der Waals surface area contributed by atoms with Crippen LogP contribution in [0.5, 0.6) is 0 Å². The van der Waals surface area contributed by atoms with Crippen LogP contribution in [0.3, 0.4) is 0 Å². The average molecular weight is 195 g/mol. The predicted molar refractivity (Wildman–Crippen MR) is 58.1 cm³/mol. The Morgan fingerprint density at radius 1 is 1.14 bits per heavy atom. The van der Waals surface area contributed by atoms with Crippen molar-refractivity contribution >= 4 is 0 Å². The van der Waals surface area contributed by atoms with Crippen LogP contribution in [0.4, 0.5) is 4.39 Å². The van der Waals surface area contributed by atoms with Crippen LogP contribution < -0.4 is 5.73 Å². The molecule has 0 aliphatic heterocycles. The van der Waals surface area contributed by atoms with Crippen molar-refractivity contribution in [2.24, 2.45) is 5.73 Å². The fourth-order valence-corrected chi connectivity index (χ4v) is 1.46. The van der Waals surface area contributed by atoms with E-state index in [1.807, 2.05) is 38.1 Å². The summed E-state index contributed by atoms with van der Waals surface area (Å²) in [6.07, 6.45) is 1.36. The van der Waals surface area contributed by atoms with Crippen LogP contribution in [-0.4, -0.2) is 12.2 Å². The Labute approximate surface area is 85.1 Å². The first-order chi connectivity index (χ1) is 6.51. The average Bonchev–Trinajstić information content (AvgIpc) is 2.06. The van der Waals surface area contributed by atoms with Crippen LogP contribution >= 0.6 is 0 Å². The minimum Gasteiger partial charge on any atom is -0.325 e. The van der Waals surface area contributed by atoms with Crippen LogP contribution in [0.2, 0.25) is 0 Å². The molecule has 0 aromatic heterocycles. The monoisotopic (exact) mass is 195 g/mol. The summed E-state index contributed by atoms with van der Waals surface area (Å²) in [4.78, 5) is 0. The lowest BCUT2D eigenvalue weighted by Crippen LogP contribution is -2.34. The Morgan fingerprint density at radius 2 is 1.64 bits per heavy atom. The molecule has 1 rings (SSSR count). The fraction of sp³-hybridized carbons (Fsp3) is 0.500. The third kappa shape index (κ3) is 3.88. The largest absolute Gasteiger partial charge is 0.325 e. The summed E-state index contributed by atoms with van der Waals surface area (Å²) < 4.78 is 12.0. The summed E-state index contributed by atoms with van der Waals surface area (Å²) in [5.41, 5.74) is 7.98. The maximum Gasteiger partial charge on any atom is 0.0934 e. The van der Waals surface area contributed by atoms with Gasteiger partial charge < -0.3 is 5.73 Å². The van der Waals surface area contributed by atoms with Gasteiger partial charge in [0, 0.05) is 12.0 Å². The summed E-state index contributed by atoms with van der Waals surface area (Å²) in [5, 5.41) is 0. The molecule has 0 bridgehead atoms. The summed E-state index contributed by atoms with van der Waals surface area (Å²) in [7, 11) is 0. The summed E-state index contributed by atoms with van der Waals surface area (Å²) in [5.74, 6) is 0. The molecule has 0 amide bonds. The van der Waals surface area contributed by atoms with Crippen LogP contribution in [0.1, 0.15) is 25.0 Å². The molecule has 0 spiro atoms. The summed E-state index contributed by atoms with van der Waals surface area (Å²) >= 11 is 0. The van der Waals surface area contributed by atoms with Crippen molar-refractivity contribution in [1.82, 2.24) is 0 Å². The second kappa shape index (κ2) is 4.56. The van der Waals surface area contributed by atoms with E-state index in [0.717, 1.165) is 12.0 Å². The van der Waals surface area contributed by atoms with Crippen molar-refractivity contribution in [3.05, 3.63) is 35.4 Å². The lowest BCUT2D eigenvalue weighted by atomic mass is 9.95. The molecular weight excluding hydrogens is 177 g/mol. The Hall–Kier alpha value is -0.890. The van der Waals surface area contributed by atoms with Crippen molar-refractivity contribution in [3.63, 3.8) is 0 Å². The molecule has 0 saturated carbocycles. The first kappa shape index (κ1) is 11.2. The van der Waals surface area contributed by atoms with Crippen LogP contribution in [0.15, 0.2) is 24.3 Å². The first-order valence-corrected chi connectivity index (χ1v) is 4.94. The van der Waals surface area contributed by atoms with Gasteiger partial charge in [0.1, 0.15) is 0 Å². The van der Waals surface area contributed by atoms with E-state index in [1.165, 1.54) is 5.56 Å². The quantitative estimate of drug-likeness (QED) is 0.784. The summed E-state index contributed by atoms with van der Waals surface area (Å²) in [6.45, 7) is 3.71. The Bertz CT molecular complexity index is 271. The highest BCUT2D eigenvalue weighted by molar-refractivity contribution is 5.24. The molecule has 0 saturated heterocycles. The standard InChI is InChI=1S/C12H18FN/c1-12(2,14)9-11-5-3-10(4-6-11)7-8-13/h3-6H,7-9,14H2,1-2H3. The lowest BCUT2D eigenvalue weighted by molar-refractivity contribution is 0.495. The normalized spacial score (nSPS) is 11.7. The van der Waals surface area contributed by atoms with Gasteiger partial charge in [-0.1, -0.05) is 24.3 Å². The van der Waals surface area contributed by atoms with Crippen molar-refractivity contribution < 1.29 is 4.39 Å². The second-order valence-corrected chi connectivity index (χ2v) is 4.42. The van der Waals surface area contributed by atoms with E-state index < -0.39 is 0 Å². The van der Waals surface area contributed by atoms with E-state index in [0.29, 0.717) is 6.42 Å². The maximum absolute atomic E-state index is 12.0. The molecule has 1 aromatic carbocycles. The molecule has 1 nitrogen and oxygen atoms in total. The van der Waals surface area contributed by atoms with Gasteiger partial charge in [0.25, 0.3) is 0 Å². The zero-order chi connectivity index (χ0) is 10.6. The van der Waals surface area contributed by atoms with Crippen LogP contribution in [0.25, 0.3) is 0 Å². The Kier molecular flexibility index (Phi) is 3.64. The van der Waals surface area contributed by atoms with Gasteiger partial charge in [0.2, 0.25) is 0 Å². The van der Waals surface area contributed by atoms with Gasteiger partial charge >= 0.3 is 0 Å². The van der Waals surface area contributed by atoms with Gasteiger partial charge in [-0.3, -0.25) is 4.39 Å². The number of hydrogen-bond donors (Lipinski definition) is 1. The molecule has 0 radical (unpaired) electrons. The number of aryl methyl sites for hydroxylation is 1. The molecular formula is C12H18FN. The predicted octanol–water partition coefficient (Wildman–Crippen LogP) is 2.48. The molecule has 1 aromatic rings. The van der Waals surface area contributed by atoms with Gasteiger partial charge in [-0.05, 0) is 31.4 Å². The highest BCUT2D eigenvalue weighted by atomic mass is 19.1. The van der Waals surface area contributed by atoms with Crippen LogP contribution in [-0.2, 0) is 12.8 Å². The number of nitrogens with two attached hydrogens (primary N) is 1. The third-order valence-corrected chi connectivity index (χ3v) is 2.07. The highest BCUT2D eigenvalue weighted by Gasteiger charge is 2.10. The molecule has 0 aliphatic rings. The first-order valence-electron chi connectivity index (χ1n) is 4.94. The van der Waals surface area contributed by atoms with E-state index >= 15 is 0 Å². The minimum absolute atomic E-state index is 0.179. The minimum atomic E-state index is -0.290. The van der Waals surface area contributed by atoms with Gasteiger partial charge in [0.15, 0.2) is 0 Å². The highest BCUT2D eigenvalue weighted by Crippen LogP contribution is 2.11. The molecule has 78 valence electrons. The SMILES string of the molecule is CC(C)(N)Cc1ccc(CCF)cc1. The number of hydrogen-bond acceptors (Lipinski definition) is 1. The van der Waals surface area contributed by atoms with Gasteiger partial charge in [-0.25, -0.2) is 0 Å². The van der Waals surface area contributed by atoms with E-state index in [9.17, 15) is 4.39 Å². The maximum atomic E-state index is 12.0. The van der Waals surface area contributed by atoms with E-state index in [1.54, 1.807) is 0 Å². The smallest absolute Gasteiger partial charge is 0.0934 e. The molecule has 14 heavy (non-hydrogen) atoms. The molecule has 0 fully saturated rings. The van der Waals surface area contributed by atoms with E-state index in [2.05, 4.69) is 0 Å². The van der Waals surface area contributed by atoms with Crippen LogP contribution in [0, 0.1) is 0 Å². The number of alkyl halides is 1. The van der Waals surface area contributed by atoms with Crippen molar-refractivity contribution in [2.45, 2.75) is 32.2 Å². The molecule has 0 heterocycles. The molecule has 0 atom stereocenters. The topological polar surface area (TPSA) is 26.0 Å². The zero-order valence-corrected chi connectivity index (χ0v) is 8.89. The molecule has 2 N–H and O–H groups in total. The lowest BCUT2D eigenvalue weighted by Gasteiger charge is -2.18. The number of rotatable bonds is 4. The molecule has 0 unspecified atom stereocenters. The summed E-state index contributed by atoms with van der Waals surface area (Å²) in [6, 6.07) is 8.00. The number of benzene rings is 1. The van der Waals surface area contributed by atoms with Gasteiger partial charge in [0.05, 0.1) is 6.67 Å². The molecule has 0 aliphatic carbocycles. The van der Waals surface area contributed by atoms with Gasteiger partial charge in [-0.15, -0.1) is 0 Å². The fourth-order valence-electron chi connectivity index (χ4n) is 1.46. The molecule has 2 heteroatoms. The third-order valence-electron chi connectivity index (χ3n) is 2.07. The van der Waals surface area contributed by atoms with Gasteiger partial charge in [-0.2, -0.15) is 0 Å². The van der Waals surface area contributed by atoms with E-state index in [-0.39, 0.29) is 12.2 Å². The Morgan fingerprint density at radius 3 is 2.07 bits per heavy atom. The zero-order valence-electron chi connectivity index (χ0n) is 8.89. The Balaban J connectivity index is 2.64. The number of halogens is 1.